The number of amides is 1. The van der Waals surface area contributed by atoms with Crippen LogP contribution in [0.25, 0.3) is 10.8 Å². The maximum Gasteiger partial charge on any atom is 0.240 e. The Morgan fingerprint density at radius 3 is 2.55 bits per heavy atom. The van der Waals surface area contributed by atoms with Crippen LogP contribution in [0.5, 0.6) is 0 Å². The predicted octanol–water partition coefficient (Wildman–Crippen LogP) is 2.29. The Balaban J connectivity index is 1.54. The van der Waals surface area contributed by atoms with Gasteiger partial charge in [0.1, 0.15) is 5.82 Å². The number of hydrogen-bond acceptors (Lipinski definition) is 5. The van der Waals surface area contributed by atoms with Gasteiger partial charge in [-0.3, -0.25) is 4.79 Å². The zero-order valence-corrected chi connectivity index (χ0v) is 17.2. The van der Waals surface area contributed by atoms with Crippen LogP contribution in [-0.2, 0) is 21.4 Å². The minimum absolute atomic E-state index is 0.0224. The highest BCUT2D eigenvalue weighted by atomic mass is 32.2. The quantitative estimate of drug-likeness (QED) is 0.592. The topological polar surface area (TPSA) is 91.4 Å². The van der Waals surface area contributed by atoms with Gasteiger partial charge in [-0.05, 0) is 29.0 Å². The third kappa shape index (κ3) is 5.30. The number of hydrogen-bond donors (Lipinski definition) is 2. The number of fused-ring (bicyclic) bond motifs is 1. The van der Waals surface area contributed by atoms with E-state index in [4.69, 9.17) is 0 Å². The molecule has 7 nitrogen and oxygen atoms in total. The Hall–Kier alpha value is -2.97. The Bertz CT molecular complexity index is 1110. The van der Waals surface area contributed by atoms with Crippen LogP contribution in [-0.4, -0.2) is 39.9 Å². The minimum Gasteiger partial charge on any atom is -0.362 e. The highest BCUT2D eigenvalue weighted by Gasteiger charge is 2.15. The summed E-state index contributed by atoms with van der Waals surface area (Å²) < 4.78 is 27.5. The molecule has 0 fully saturated rings. The van der Waals surface area contributed by atoms with Crippen molar-refractivity contribution < 1.29 is 13.2 Å². The molecule has 0 unspecified atom stereocenters. The molecule has 2 aromatic carbocycles. The van der Waals surface area contributed by atoms with Crippen molar-refractivity contribution in [3.8, 4) is 0 Å². The fourth-order valence-corrected chi connectivity index (χ4v) is 4.04. The molecule has 152 valence electrons. The molecule has 1 aromatic heterocycles. The van der Waals surface area contributed by atoms with E-state index in [0.717, 1.165) is 22.2 Å². The van der Waals surface area contributed by atoms with E-state index in [9.17, 15) is 13.2 Å². The summed E-state index contributed by atoms with van der Waals surface area (Å²) in [7, 11) is 0.0892. The number of carbonyl (C=O) groups is 1. The van der Waals surface area contributed by atoms with Gasteiger partial charge in [-0.1, -0.05) is 36.4 Å². The number of sulfonamides is 1. The van der Waals surface area contributed by atoms with E-state index in [1.54, 1.807) is 24.4 Å². The summed E-state index contributed by atoms with van der Waals surface area (Å²) in [6.07, 6.45) is 1.74. The third-order valence-corrected chi connectivity index (χ3v) is 5.90. The van der Waals surface area contributed by atoms with Crippen molar-refractivity contribution in [3.63, 3.8) is 0 Å². The van der Waals surface area contributed by atoms with Crippen LogP contribution >= 0.6 is 0 Å². The molecule has 1 amide bonds. The molecule has 3 rings (SSSR count). The van der Waals surface area contributed by atoms with Gasteiger partial charge in [0.2, 0.25) is 15.9 Å². The van der Waals surface area contributed by atoms with Gasteiger partial charge in [-0.2, -0.15) is 0 Å². The van der Waals surface area contributed by atoms with E-state index in [1.807, 2.05) is 55.4 Å². The number of anilines is 1. The molecule has 0 aliphatic rings. The van der Waals surface area contributed by atoms with Gasteiger partial charge in [0.15, 0.2) is 0 Å². The van der Waals surface area contributed by atoms with Crippen LogP contribution in [0.2, 0.25) is 0 Å². The Morgan fingerprint density at radius 1 is 1.03 bits per heavy atom. The molecule has 8 heteroatoms. The fraction of sp³-hybridized carbons (Fsp3) is 0.238. The molecule has 0 saturated heterocycles. The summed E-state index contributed by atoms with van der Waals surface area (Å²) in [5.74, 6) is 0.546. The number of pyridine rings is 1. The second-order valence-corrected chi connectivity index (χ2v) is 8.58. The lowest BCUT2D eigenvalue weighted by Crippen LogP contribution is -2.31. The van der Waals surface area contributed by atoms with Crippen molar-refractivity contribution in [1.29, 1.82) is 0 Å². The normalized spacial score (nSPS) is 11.4. The zero-order chi connectivity index (χ0) is 20.9. The standard InChI is InChI=1S/C21H24N4O3S/c1-25(2)21-18(8-5-12-22-21)15-23-20(26)11-13-24-29(27,28)19-10-9-16-6-3-4-7-17(16)14-19/h3-10,12,14,24H,11,13,15H2,1-2H3,(H,23,26). The fourth-order valence-electron chi connectivity index (χ4n) is 2.97. The van der Waals surface area contributed by atoms with Gasteiger partial charge in [-0.15, -0.1) is 0 Å². The number of nitrogens with one attached hydrogen (secondary N) is 2. The highest BCUT2D eigenvalue weighted by Crippen LogP contribution is 2.18. The monoisotopic (exact) mass is 412 g/mol. The molecule has 3 aromatic rings. The first-order valence-electron chi connectivity index (χ1n) is 9.23. The first-order valence-corrected chi connectivity index (χ1v) is 10.7. The van der Waals surface area contributed by atoms with Crippen molar-refractivity contribution >= 4 is 32.5 Å². The minimum atomic E-state index is -3.68. The summed E-state index contributed by atoms with van der Waals surface area (Å²) in [6, 6.07) is 16.2. The van der Waals surface area contributed by atoms with Crippen LogP contribution < -0.4 is 14.9 Å². The predicted molar refractivity (Wildman–Crippen MR) is 114 cm³/mol. The molecule has 2 N–H and O–H groups in total. The number of rotatable bonds is 8. The van der Waals surface area contributed by atoms with Gasteiger partial charge in [0.25, 0.3) is 0 Å². The van der Waals surface area contributed by atoms with Gasteiger partial charge in [0.05, 0.1) is 4.90 Å². The lowest BCUT2D eigenvalue weighted by Gasteiger charge is -2.16. The molecule has 29 heavy (non-hydrogen) atoms. The van der Waals surface area contributed by atoms with E-state index < -0.39 is 10.0 Å². The molecular weight excluding hydrogens is 388 g/mol. The second kappa shape index (κ2) is 9.02. The lowest BCUT2D eigenvalue weighted by molar-refractivity contribution is -0.121. The van der Waals surface area contributed by atoms with Crippen LogP contribution in [0.1, 0.15) is 12.0 Å². The van der Waals surface area contributed by atoms with Gasteiger partial charge >= 0.3 is 0 Å². The average molecular weight is 413 g/mol. The lowest BCUT2D eigenvalue weighted by atomic mass is 10.1. The molecule has 0 spiro atoms. The Labute approximate surface area is 170 Å². The highest BCUT2D eigenvalue weighted by molar-refractivity contribution is 7.89. The van der Waals surface area contributed by atoms with E-state index in [0.29, 0.717) is 6.54 Å². The molecule has 1 heterocycles. The first-order chi connectivity index (χ1) is 13.9. The van der Waals surface area contributed by atoms with Crippen LogP contribution in [0.15, 0.2) is 65.7 Å². The maximum absolute atomic E-state index is 12.5. The zero-order valence-electron chi connectivity index (χ0n) is 16.4. The summed E-state index contributed by atoms with van der Waals surface area (Å²) in [6.45, 7) is 0.353. The molecule has 0 bridgehead atoms. The van der Waals surface area contributed by atoms with Gasteiger partial charge in [-0.25, -0.2) is 18.1 Å². The Morgan fingerprint density at radius 2 is 1.79 bits per heavy atom. The molecule has 0 aliphatic heterocycles. The van der Waals surface area contributed by atoms with Crippen LogP contribution in [0, 0.1) is 0 Å². The summed E-state index contributed by atoms with van der Waals surface area (Å²) in [5.41, 5.74) is 0.891. The van der Waals surface area contributed by atoms with E-state index >= 15 is 0 Å². The van der Waals surface area contributed by atoms with Crippen molar-refractivity contribution in [2.45, 2.75) is 17.9 Å². The molecular formula is C21H24N4O3S. The average Bonchev–Trinajstić information content (AvgIpc) is 2.72. The number of aromatic nitrogens is 1. The maximum atomic E-state index is 12.5. The molecule has 0 atom stereocenters. The number of carbonyl (C=O) groups excluding carboxylic acids is 1. The second-order valence-electron chi connectivity index (χ2n) is 6.81. The van der Waals surface area contributed by atoms with Gasteiger partial charge in [0, 0.05) is 45.4 Å². The first kappa shape index (κ1) is 20.8. The van der Waals surface area contributed by atoms with Gasteiger partial charge < -0.3 is 10.2 Å². The van der Waals surface area contributed by atoms with Crippen molar-refractivity contribution in [1.82, 2.24) is 15.0 Å². The number of benzene rings is 2. The molecule has 0 radical (unpaired) electrons. The van der Waals surface area contributed by atoms with Crippen molar-refractivity contribution in [3.05, 3.63) is 66.4 Å². The summed E-state index contributed by atoms with van der Waals surface area (Å²) in [5, 5.41) is 4.62. The smallest absolute Gasteiger partial charge is 0.240 e. The Kier molecular flexibility index (Phi) is 6.46. The molecule has 0 aliphatic carbocycles. The van der Waals surface area contributed by atoms with Crippen molar-refractivity contribution in [2.24, 2.45) is 0 Å². The van der Waals surface area contributed by atoms with Crippen LogP contribution in [0.3, 0.4) is 0 Å². The van der Waals surface area contributed by atoms with Crippen molar-refractivity contribution in [2.75, 3.05) is 25.5 Å². The van der Waals surface area contributed by atoms with E-state index in [1.165, 1.54) is 0 Å². The third-order valence-electron chi connectivity index (χ3n) is 4.44. The number of nitrogens with zero attached hydrogens (tertiary/aromatic N) is 2. The van der Waals surface area contributed by atoms with E-state index in [-0.39, 0.29) is 23.8 Å². The van der Waals surface area contributed by atoms with E-state index in [2.05, 4.69) is 15.0 Å². The summed E-state index contributed by atoms with van der Waals surface area (Å²) in [4.78, 5) is 18.5. The molecule has 0 saturated carbocycles. The largest absolute Gasteiger partial charge is 0.362 e. The van der Waals surface area contributed by atoms with Crippen LogP contribution in [0.4, 0.5) is 5.82 Å². The summed E-state index contributed by atoms with van der Waals surface area (Å²) >= 11 is 0. The SMILES string of the molecule is CN(C)c1ncccc1CNC(=O)CCNS(=O)(=O)c1ccc2ccccc2c1.